The maximum atomic E-state index is 11.4. The molecular weight excluding hydrogens is 234 g/mol. The summed E-state index contributed by atoms with van der Waals surface area (Å²) in [5.74, 6) is 0.227. The van der Waals surface area contributed by atoms with Gasteiger partial charge in [-0.1, -0.05) is 0 Å². The molecule has 0 aromatic carbocycles. The van der Waals surface area contributed by atoms with E-state index in [1.165, 1.54) is 0 Å². The van der Waals surface area contributed by atoms with Crippen molar-refractivity contribution in [1.29, 1.82) is 0 Å². The second kappa shape index (κ2) is 7.84. The Kier molecular flexibility index (Phi) is 7.63. The number of amides is 2. The number of hydrogen-bond acceptors (Lipinski definition) is 5. The van der Waals surface area contributed by atoms with E-state index in [-0.39, 0.29) is 18.4 Å². The molecule has 0 saturated carbocycles. The maximum Gasteiger partial charge on any atom is 0.237 e. The van der Waals surface area contributed by atoms with Crippen molar-refractivity contribution in [2.24, 2.45) is 5.73 Å². The van der Waals surface area contributed by atoms with Gasteiger partial charge in [0.05, 0.1) is 6.04 Å². The van der Waals surface area contributed by atoms with Gasteiger partial charge in [0, 0.05) is 31.6 Å². The smallest absolute Gasteiger partial charge is 0.237 e. The van der Waals surface area contributed by atoms with E-state index in [4.69, 9.17) is 5.73 Å². The van der Waals surface area contributed by atoms with Crippen LogP contribution < -0.4 is 11.1 Å². The van der Waals surface area contributed by atoms with Crippen molar-refractivity contribution in [1.82, 2.24) is 10.2 Å². The van der Waals surface area contributed by atoms with E-state index in [2.05, 4.69) is 30.6 Å². The zero-order valence-electron chi connectivity index (χ0n) is 8.64. The number of carbonyl (C=O) groups is 2. The van der Waals surface area contributed by atoms with Crippen LogP contribution in [0, 0.1) is 0 Å². The lowest BCUT2D eigenvalue weighted by Crippen LogP contribution is -2.47. The number of nitrogens with two attached hydrogens (primary N) is 1. The molecule has 0 saturated heterocycles. The van der Waals surface area contributed by atoms with E-state index in [0.29, 0.717) is 18.2 Å². The largest absolute Gasteiger partial charge is 0.370 e. The molecule has 0 bridgehead atoms. The van der Waals surface area contributed by atoms with Gasteiger partial charge in [-0.15, -0.1) is 0 Å². The van der Waals surface area contributed by atoms with Gasteiger partial charge in [-0.2, -0.15) is 25.3 Å². The highest BCUT2D eigenvalue weighted by atomic mass is 32.1. The summed E-state index contributed by atoms with van der Waals surface area (Å²) in [4.78, 5) is 23.8. The number of likely N-dealkylation sites (N-methyl/N-ethyl adjacent to an activating group) is 1. The van der Waals surface area contributed by atoms with Gasteiger partial charge in [-0.05, 0) is 0 Å². The van der Waals surface area contributed by atoms with Crippen molar-refractivity contribution in [2.75, 3.05) is 25.2 Å². The van der Waals surface area contributed by atoms with Crippen molar-refractivity contribution >= 4 is 37.1 Å². The first-order valence-corrected chi connectivity index (χ1v) is 5.79. The third-order valence-corrected chi connectivity index (χ3v) is 2.70. The van der Waals surface area contributed by atoms with Crippen LogP contribution in [0.25, 0.3) is 0 Å². The highest BCUT2D eigenvalue weighted by molar-refractivity contribution is 7.80. The number of nitrogens with zero attached hydrogens (tertiary/aromatic N) is 1. The second-order valence-electron chi connectivity index (χ2n) is 2.98. The monoisotopic (exact) mass is 251 g/mol. The zero-order valence-corrected chi connectivity index (χ0v) is 10.4. The molecule has 0 aromatic rings. The van der Waals surface area contributed by atoms with Crippen LogP contribution in [0.2, 0.25) is 0 Å². The molecule has 7 heteroatoms. The molecule has 5 nitrogen and oxygen atoms in total. The van der Waals surface area contributed by atoms with Gasteiger partial charge in [-0.3, -0.25) is 14.5 Å². The molecule has 0 aliphatic carbocycles. The predicted molar refractivity (Wildman–Crippen MR) is 66.1 cm³/mol. The summed E-state index contributed by atoms with van der Waals surface area (Å²) in [6.45, 7) is 0.414. The van der Waals surface area contributed by atoms with Crippen LogP contribution in [0.15, 0.2) is 0 Å². The van der Waals surface area contributed by atoms with E-state index in [9.17, 15) is 9.59 Å². The zero-order chi connectivity index (χ0) is 11.8. The molecule has 0 heterocycles. The van der Waals surface area contributed by atoms with Gasteiger partial charge in [0.1, 0.15) is 0 Å². The molecule has 0 spiro atoms. The molecule has 1 atom stereocenters. The fraction of sp³-hybridized carbons (Fsp3) is 0.750. The first-order chi connectivity index (χ1) is 7.06. The van der Waals surface area contributed by atoms with Gasteiger partial charge in [0.25, 0.3) is 0 Å². The summed E-state index contributed by atoms with van der Waals surface area (Å²) >= 11 is 8.20. The average molecular weight is 251 g/mol. The standard InChI is InChI=1S/C8H17N3O2S2/c1-10-8(13)6(4-14)11(5-15)3-2-7(9)12/h6,14-15H,2-5H2,1H3,(H2,9,12)(H,10,13)/t6-/m0/s1. The van der Waals surface area contributed by atoms with E-state index in [0.717, 1.165) is 0 Å². The fourth-order valence-electron chi connectivity index (χ4n) is 1.11. The molecule has 0 aliphatic heterocycles. The fourth-order valence-corrected chi connectivity index (χ4v) is 1.85. The van der Waals surface area contributed by atoms with Gasteiger partial charge < -0.3 is 11.1 Å². The van der Waals surface area contributed by atoms with Crippen molar-refractivity contribution < 1.29 is 9.59 Å². The van der Waals surface area contributed by atoms with Gasteiger partial charge in [0.2, 0.25) is 11.8 Å². The summed E-state index contributed by atoms with van der Waals surface area (Å²) in [6, 6.07) is -0.379. The van der Waals surface area contributed by atoms with E-state index >= 15 is 0 Å². The van der Waals surface area contributed by atoms with Crippen LogP contribution in [0.1, 0.15) is 6.42 Å². The normalized spacial score (nSPS) is 12.5. The number of carbonyl (C=O) groups excluding carboxylic acids is 2. The number of rotatable bonds is 7. The first kappa shape index (κ1) is 14.6. The lowest BCUT2D eigenvalue weighted by molar-refractivity contribution is -0.125. The lowest BCUT2D eigenvalue weighted by atomic mass is 10.2. The number of hydrogen-bond donors (Lipinski definition) is 4. The van der Waals surface area contributed by atoms with Gasteiger partial charge >= 0.3 is 0 Å². The van der Waals surface area contributed by atoms with Crippen molar-refractivity contribution in [3.63, 3.8) is 0 Å². The number of nitrogens with one attached hydrogen (secondary N) is 1. The molecule has 0 aliphatic rings. The topological polar surface area (TPSA) is 75.4 Å². The molecule has 0 unspecified atom stereocenters. The molecule has 3 N–H and O–H groups in total. The summed E-state index contributed by atoms with van der Waals surface area (Å²) in [7, 11) is 1.56. The Hall–Kier alpha value is -0.400. The van der Waals surface area contributed by atoms with Crippen LogP contribution in [0.4, 0.5) is 0 Å². The minimum absolute atomic E-state index is 0.136. The Morgan fingerprint density at radius 2 is 2.07 bits per heavy atom. The lowest BCUT2D eigenvalue weighted by Gasteiger charge is -2.27. The molecule has 0 radical (unpaired) electrons. The van der Waals surface area contributed by atoms with Crippen molar-refractivity contribution in [3.8, 4) is 0 Å². The summed E-state index contributed by atoms with van der Waals surface area (Å²) in [5.41, 5.74) is 5.04. The third kappa shape index (κ3) is 5.29. The third-order valence-electron chi connectivity index (χ3n) is 1.99. The molecule has 0 fully saturated rings. The Balaban J connectivity index is 4.33. The Morgan fingerprint density at radius 1 is 1.47 bits per heavy atom. The molecule has 15 heavy (non-hydrogen) atoms. The SMILES string of the molecule is CNC(=O)[C@H](CS)N(CS)CCC(N)=O. The summed E-state index contributed by atoms with van der Waals surface area (Å²) < 4.78 is 0. The highest BCUT2D eigenvalue weighted by Crippen LogP contribution is 2.04. The Morgan fingerprint density at radius 3 is 2.40 bits per heavy atom. The Bertz CT molecular complexity index is 226. The number of primary amides is 1. The summed E-state index contributed by atoms with van der Waals surface area (Å²) in [6.07, 6.45) is 0.210. The molecule has 0 aromatic heterocycles. The van der Waals surface area contributed by atoms with E-state index in [1.54, 1.807) is 11.9 Å². The molecule has 0 rings (SSSR count). The second-order valence-corrected chi connectivity index (χ2v) is 3.63. The summed E-state index contributed by atoms with van der Waals surface area (Å²) in [5, 5.41) is 2.54. The van der Waals surface area contributed by atoms with Gasteiger partial charge in [-0.25, -0.2) is 0 Å². The molecular formula is C8H17N3O2S2. The van der Waals surface area contributed by atoms with Crippen molar-refractivity contribution in [3.05, 3.63) is 0 Å². The average Bonchev–Trinajstić information content (AvgIpc) is 2.22. The van der Waals surface area contributed by atoms with E-state index in [1.807, 2.05) is 0 Å². The molecule has 2 amide bonds. The van der Waals surface area contributed by atoms with Crippen molar-refractivity contribution in [2.45, 2.75) is 12.5 Å². The molecule has 88 valence electrons. The number of thiol groups is 2. The van der Waals surface area contributed by atoms with Crippen LogP contribution in [0.5, 0.6) is 0 Å². The van der Waals surface area contributed by atoms with Crippen LogP contribution >= 0.6 is 25.3 Å². The predicted octanol–water partition coefficient (Wildman–Crippen LogP) is -0.904. The van der Waals surface area contributed by atoms with Crippen LogP contribution in [0.3, 0.4) is 0 Å². The van der Waals surface area contributed by atoms with Gasteiger partial charge in [0.15, 0.2) is 0 Å². The maximum absolute atomic E-state index is 11.4. The minimum Gasteiger partial charge on any atom is -0.370 e. The minimum atomic E-state index is -0.392. The van der Waals surface area contributed by atoms with Crippen LogP contribution in [-0.4, -0.2) is 48.0 Å². The van der Waals surface area contributed by atoms with E-state index < -0.39 is 5.91 Å². The quantitative estimate of drug-likeness (QED) is 0.350. The van der Waals surface area contributed by atoms with Crippen LogP contribution in [-0.2, 0) is 9.59 Å². The first-order valence-electron chi connectivity index (χ1n) is 4.52. The highest BCUT2D eigenvalue weighted by Gasteiger charge is 2.22. The Labute approximate surface area is 101 Å².